The Balaban J connectivity index is 2.04. The molecule has 0 aliphatic rings. The molecule has 3 aromatic heterocycles. The zero-order valence-corrected chi connectivity index (χ0v) is 13.2. The molecule has 0 unspecified atom stereocenters. The Hall–Kier alpha value is -2.15. The van der Waals surface area contributed by atoms with Crippen LogP contribution in [0.2, 0.25) is 0 Å². The van der Waals surface area contributed by atoms with Gasteiger partial charge in [0.25, 0.3) is 0 Å². The van der Waals surface area contributed by atoms with Crippen LogP contribution in [0.25, 0.3) is 10.2 Å². The maximum atomic E-state index is 4.58. The number of hydrogen-bond acceptors (Lipinski definition) is 6. The molecule has 0 aromatic carbocycles. The van der Waals surface area contributed by atoms with Gasteiger partial charge in [-0.3, -0.25) is 4.68 Å². The third-order valence-corrected chi connectivity index (χ3v) is 3.96. The average molecular weight is 302 g/mol. The second-order valence-corrected chi connectivity index (χ2v) is 5.60. The van der Waals surface area contributed by atoms with E-state index in [1.54, 1.807) is 11.3 Å². The minimum Gasteiger partial charge on any atom is -0.354 e. The van der Waals surface area contributed by atoms with Crippen LogP contribution in [0.15, 0.2) is 17.6 Å². The van der Waals surface area contributed by atoms with Crippen LogP contribution in [0, 0.1) is 0 Å². The van der Waals surface area contributed by atoms with Gasteiger partial charge >= 0.3 is 0 Å². The summed E-state index contributed by atoms with van der Waals surface area (Å²) < 4.78 is 1.82. The standard InChI is InChI=1S/C14H18N6S/c1-4-10-11(8-20(3)19-10)16-12-9-6-7-21-13(9)18-14(17-12)15-5-2/h6-8H,4-5H2,1-3H3,(H2,15,16,17,18). The first-order chi connectivity index (χ1) is 10.2. The highest BCUT2D eigenvalue weighted by atomic mass is 32.1. The van der Waals surface area contributed by atoms with E-state index in [9.17, 15) is 0 Å². The van der Waals surface area contributed by atoms with Crippen LogP contribution in [-0.4, -0.2) is 26.3 Å². The molecule has 110 valence electrons. The topological polar surface area (TPSA) is 67.7 Å². The van der Waals surface area contributed by atoms with Crippen LogP contribution in [-0.2, 0) is 13.5 Å². The number of aromatic nitrogens is 4. The summed E-state index contributed by atoms with van der Waals surface area (Å²) in [5, 5.41) is 14.1. The Labute approximate surface area is 127 Å². The number of nitrogens with zero attached hydrogens (tertiary/aromatic N) is 4. The summed E-state index contributed by atoms with van der Waals surface area (Å²) in [5.41, 5.74) is 2.03. The largest absolute Gasteiger partial charge is 0.354 e. The molecule has 2 N–H and O–H groups in total. The van der Waals surface area contributed by atoms with Gasteiger partial charge in [0.05, 0.1) is 16.8 Å². The smallest absolute Gasteiger partial charge is 0.226 e. The van der Waals surface area contributed by atoms with Gasteiger partial charge in [-0.2, -0.15) is 10.1 Å². The summed E-state index contributed by atoms with van der Waals surface area (Å²) in [6.07, 6.45) is 2.85. The van der Waals surface area contributed by atoms with Crippen molar-refractivity contribution >= 4 is 39.0 Å². The van der Waals surface area contributed by atoms with Gasteiger partial charge < -0.3 is 10.6 Å². The van der Waals surface area contributed by atoms with E-state index in [2.05, 4.69) is 32.6 Å². The molecule has 0 amide bonds. The second-order valence-electron chi connectivity index (χ2n) is 4.71. The lowest BCUT2D eigenvalue weighted by Crippen LogP contribution is -2.04. The molecule has 0 bridgehead atoms. The summed E-state index contributed by atoms with van der Waals surface area (Å²) in [6, 6.07) is 2.04. The Kier molecular flexibility index (Phi) is 3.74. The fourth-order valence-corrected chi connectivity index (χ4v) is 2.98. The summed E-state index contributed by atoms with van der Waals surface area (Å²) >= 11 is 1.62. The summed E-state index contributed by atoms with van der Waals surface area (Å²) in [7, 11) is 1.93. The van der Waals surface area contributed by atoms with Crippen LogP contribution in [0.3, 0.4) is 0 Å². The molecule has 3 heterocycles. The monoisotopic (exact) mass is 302 g/mol. The van der Waals surface area contributed by atoms with Gasteiger partial charge in [-0.1, -0.05) is 6.92 Å². The van der Waals surface area contributed by atoms with Crippen molar-refractivity contribution < 1.29 is 0 Å². The minimum absolute atomic E-state index is 0.650. The number of aryl methyl sites for hydroxylation is 2. The molecule has 0 saturated carbocycles. The zero-order valence-electron chi connectivity index (χ0n) is 12.3. The Bertz CT molecular complexity index is 760. The maximum Gasteiger partial charge on any atom is 0.226 e. The van der Waals surface area contributed by atoms with Gasteiger partial charge in [0.15, 0.2) is 0 Å². The molecule has 7 heteroatoms. The Morgan fingerprint density at radius 1 is 1.29 bits per heavy atom. The molecule has 6 nitrogen and oxygen atoms in total. The van der Waals surface area contributed by atoms with Crippen molar-refractivity contribution in [1.29, 1.82) is 0 Å². The van der Waals surface area contributed by atoms with Crippen molar-refractivity contribution in [3.63, 3.8) is 0 Å². The number of thiophene rings is 1. The summed E-state index contributed by atoms with van der Waals surface area (Å²) in [4.78, 5) is 10.1. The maximum absolute atomic E-state index is 4.58. The molecule has 0 atom stereocenters. The van der Waals surface area contributed by atoms with Crippen molar-refractivity contribution in [2.45, 2.75) is 20.3 Å². The van der Waals surface area contributed by atoms with E-state index >= 15 is 0 Å². The van der Waals surface area contributed by atoms with Crippen molar-refractivity contribution in [1.82, 2.24) is 19.7 Å². The molecule has 0 aliphatic heterocycles. The lowest BCUT2D eigenvalue weighted by Gasteiger charge is -2.08. The van der Waals surface area contributed by atoms with Crippen LogP contribution in [0.1, 0.15) is 19.5 Å². The molecular weight excluding hydrogens is 284 g/mol. The van der Waals surface area contributed by atoms with Crippen LogP contribution in [0.4, 0.5) is 17.5 Å². The van der Waals surface area contributed by atoms with Crippen molar-refractivity contribution in [2.24, 2.45) is 7.05 Å². The van der Waals surface area contributed by atoms with E-state index < -0.39 is 0 Å². The Morgan fingerprint density at radius 3 is 2.90 bits per heavy atom. The first-order valence-electron chi connectivity index (χ1n) is 7.00. The number of fused-ring (bicyclic) bond motifs is 1. The predicted molar refractivity (Wildman–Crippen MR) is 87.4 cm³/mol. The number of anilines is 3. The van der Waals surface area contributed by atoms with Crippen LogP contribution >= 0.6 is 11.3 Å². The molecule has 0 aliphatic carbocycles. The van der Waals surface area contributed by atoms with E-state index in [0.717, 1.165) is 40.4 Å². The van der Waals surface area contributed by atoms with Gasteiger partial charge in [0, 0.05) is 19.8 Å². The first-order valence-corrected chi connectivity index (χ1v) is 7.87. The molecule has 0 fully saturated rings. The fraction of sp³-hybridized carbons (Fsp3) is 0.357. The van der Waals surface area contributed by atoms with Gasteiger partial charge in [0.1, 0.15) is 10.6 Å². The number of hydrogen-bond donors (Lipinski definition) is 2. The third-order valence-electron chi connectivity index (χ3n) is 3.15. The highest BCUT2D eigenvalue weighted by Crippen LogP contribution is 2.29. The van der Waals surface area contributed by atoms with E-state index in [-0.39, 0.29) is 0 Å². The van der Waals surface area contributed by atoms with E-state index in [1.807, 2.05) is 36.3 Å². The highest BCUT2D eigenvalue weighted by Gasteiger charge is 2.12. The minimum atomic E-state index is 0.650. The summed E-state index contributed by atoms with van der Waals surface area (Å²) in [6.45, 7) is 4.92. The molecule has 0 saturated heterocycles. The van der Waals surface area contributed by atoms with Crippen LogP contribution < -0.4 is 10.6 Å². The third kappa shape index (κ3) is 2.69. The molecule has 21 heavy (non-hydrogen) atoms. The lowest BCUT2D eigenvalue weighted by molar-refractivity contribution is 0.746. The van der Waals surface area contributed by atoms with E-state index in [1.165, 1.54) is 0 Å². The summed E-state index contributed by atoms with van der Waals surface area (Å²) in [5.74, 6) is 1.47. The van der Waals surface area contributed by atoms with E-state index in [4.69, 9.17) is 0 Å². The van der Waals surface area contributed by atoms with Crippen LogP contribution in [0.5, 0.6) is 0 Å². The molecule has 0 spiro atoms. The van der Waals surface area contributed by atoms with E-state index in [0.29, 0.717) is 5.95 Å². The SMILES string of the molecule is CCNc1nc(Nc2cn(C)nc2CC)c2ccsc2n1. The van der Waals surface area contributed by atoms with Gasteiger partial charge in [-0.05, 0) is 24.8 Å². The van der Waals surface area contributed by atoms with Crippen molar-refractivity contribution in [2.75, 3.05) is 17.2 Å². The molecule has 3 aromatic rings. The van der Waals surface area contributed by atoms with Gasteiger partial charge in [-0.15, -0.1) is 11.3 Å². The quantitative estimate of drug-likeness (QED) is 0.757. The van der Waals surface area contributed by atoms with Gasteiger partial charge in [-0.25, -0.2) is 4.98 Å². The predicted octanol–water partition coefficient (Wildman–Crippen LogP) is 3.16. The molecule has 3 rings (SSSR count). The first kappa shape index (κ1) is 13.8. The Morgan fingerprint density at radius 2 is 2.14 bits per heavy atom. The number of rotatable bonds is 5. The normalized spacial score (nSPS) is 11.0. The van der Waals surface area contributed by atoms with Crippen molar-refractivity contribution in [3.05, 3.63) is 23.3 Å². The molecular formula is C14H18N6S. The fourth-order valence-electron chi connectivity index (χ4n) is 2.22. The highest BCUT2D eigenvalue weighted by molar-refractivity contribution is 7.16. The van der Waals surface area contributed by atoms with Gasteiger partial charge in [0.2, 0.25) is 5.95 Å². The lowest BCUT2D eigenvalue weighted by atomic mass is 10.3. The average Bonchev–Trinajstić information content (AvgIpc) is 3.05. The zero-order chi connectivity index (χ0) is 14.8. The second kappa shape index (κ2) is 5.69. The molecule has 0 radical (unpaired) electrons. The van der Waals surface area contributed by atoms with Crippen molar-refractivity contribution in [3.8, 4) is 0 Å². The number of nitrogens with one attached hydrogen (secondary N) is 2.